The molecule has 376 valence electrons. The van der Waals surface area contributed by atoms with Crippen LogP contribution in [0.2, 0.25) is 0 Å². The molecule has 0 aliphatic carbocycles. The van der Waals surface area contributed by atoms with Crippen molar-refractivity contribution in [1.29, 1.82) is 0 Å². The van der Waals surface area contributed by atoms with Gasteiger partial charge in [-0.2, -0.15) is 6.07 Å². The van der Waals surface area contributed by atoms with Gasteiger partial charge in [0.2, 0.25) is 5.69 Å². The topological polar surface area (TPSA) is 71.7 Å². The first-order valence-corrected chi connectivity index (χ1v) is 25.1. The average Bonchev–Trinajstić information content (AvgIpc) is 2.35. The van der Waals surface area contributed by atoms with Gasteiger partial charge in [-0.15, -0.1) is 23.6 Å². The Morgan fingerprint density at radius 2 is 1.13 bits per heavy atom. The average molecular weight is 1200 g/mol. The third-order valence-corrected chi connectivity index (χ3v) is 13.6. The van der Waals surface area contributed by atoms with E-state index in [1.54, 1.807) is 39.6 Å². The SMILES string of the molecule is [2H]c1c([2H])c([2H])c(-c2cc(C(C)(C)C)cc(-c3c([2H])c([2H])c([2H])c([2H])c3[2H])c2[N+]2=C=[N+](c3[c-]c(Oc4[c-]c5c(cc4-c4nc(-c6ccc(C)cc6)nc(-c6ccc(C)cc6)n4)c4ccccc4n5-c4ccccn4)ccc3)c3ccccc32)c([2H])c1[2H].[Pt+2]. The molecule has 1 aliphatic rings. The number of fused-ring (bicyclic) bond motifs is 4. The minimum absolute atomic E-state index is 0. The molecular formula is C69H51N7OPt+2. The predicted molar refractivity (Wildman–Crippen MR) is 312 cm³/mol. The number of nitrogens with zero attached hydrogens (tertiary/aromatic N) is 7. The second-order valence-corrected chi connectivity index (χ2v) is 19.8. The van der Waals surface area contributed by atoms with Crippen molar-refractivity contribution in [2.75, 3.05) is 0 Å². The Labute approximate surface area is 482 Å². The molecule has 12 aromatic rings. The maximum atomic E-state index is 9.35. The first-order chi connectivity index (χ1) is 41.7. The Bertz CT molecular complexity index is 4730. The Hall–Kier alpha value is -9.19. The van der Waals surface area contributed by atoms with E-state index in [0.29, 0.717) is 57.0 Å². The normalized spacial score (nSPS) is 13.8. The molecule has 13 rings (SSSR count). The van der Waals surface area contributed by atoms with Gasteiger partial charge in [0.05, 0.1) is 24.8 Å². The molecule has 4 heterocycles. The van der Waals surface area contributed by atoms with Crippen molar-refractivity contribution in [3.05, 3.63) is 247 Å². The molecule has 3 aromatic heterocycles. The van der Waals surface area contributed by atoms with E-state index >= 15 is 0 Å². The number of hydrogen-bond acceptors (Lipinski definition) is 5. The fourth-order valence-electron chi connectivity index (χ4n) is 9.65. The number of aromatic nitrogens is 5. The van der Waals surface area contributed by atoms with Crippen molar-refractivity contribution < 1.29 is 39.5 Å². The van der Waals surface area contributed by atoms with Crippen molar-refractivity contribution in [2.45, 2.75) is 40.0 Å². The third-order valence-electron chi connectivity index (χ3n) is 13.6. The minimum atomic E-state index is -0.673. The Morgan fingerprint density at radius 3 is 1.73 bits per heavy atom. The van der Waals surface area contributed by atoms with Crippen LogP contribution in [0.15, 0.2) is 218 Å². The Morgan fingerprint density at radius 1 is 0.551 bits per heavy atom. The molecular weight excluding hydrogens is 1140 g/mol. The second-order valence-electron chi connectivity index (χ2n) is 19.8. The van der Waals surface area contributed by atoms with Crippen molar-refractivity contribution in [3.63, 3.8) is 0 Å². The summed E-state index contributed by atoms with van der Waals surface area (Å²) in [4.78, 5) is 20.2. The van der Waals surface area contributed by atoms with E-state index in [9.17, 15) is 5.48 Å². The van der Waals surface area contributed by atoms with Crippen LogP contribution in [0, 0.1) is 26.0 Å². The van der Waals surface area contributed by atoms with Gasteiger partial charge >= 0.3 is 27.1 Å². The van der Waals surface area contributed by atoms with E-state index in [1.165, 1.54) is 0 Å². The summed E-state index contributed by atoms with van der Waals surface area (Å²) in [5.74, 6) is 2.40. The molecule has 78 heavy (non-hydrogen) atoms. The van der Waals surface area contributed by atoms with E-state index < -0.39 is 65.8 Å². The van der Waals surface area contributed by atoms with Crippen LogP contribution in [0.4, 0.5) is 22.7 Å². The molecule has 0 bridgehead atoms. The fourth-order valence-corrected chi connectivity index (χ4v) is 9.65. The summed E-state index contributed by atoms with van der Waals surface area (Å²) in [7, 11) is 0. The van der Waals surface area contributed by atoms with Gasteiger partial charge in [0, 0.05) is 46.5 Å². The fraction of sp³-hybridized carbons (Fsp3) is 0.0870. The van der Waals surface area contributed by atoms with E-state index in [0.717, 1.165) is 38.5 Å². The second kappa shape index (κ2) is 20.4. The zero-order valence-corrected chi connectivity index (χ0v) is 45.1. The molecule has 0 spiro atoms. The van der Waals surface area contributed by atoms with Crippen molar-refractivity contribution in [2.24, 2.45) is 0 Å². The summed E-state index contributed by atoms with van der Waals surface area (Å²) in [6.07, 6.45) is 1.74. The summed E-state index contributed by atoms with van der Waals surface area (Å²) in [6.45, 7) is 9.85. The molecule has 8 nitrogen and oxygen atoms in total. The predicted octanol–water partition coefficient (Wildman–Crippen LogP) is 16.9. The molecule has 9 heteroatoms. The first kappa shape index (κ1) is 39.2. The van der Waals surface area contributed by atoms with Crippen molar-refractivity contribution >= 4 is 50.6 Å². The minimum Gasteiger partial charge on any atom is -0.508 e. The van der Waals surface area contributed by atoms with Crippen LogP contribution in [0.1, 0.15) is 51.2 Å². The van der Waals surface area contributed by atoms with Gasteiger partial charge in [-0.3, -0.25) is 0 Å². The molecule has 0 saturated carbocycles. The Balaban J connectivity index is 0.00000754. The number of aryl methyl sites for hydroxylation is 2. The van der Waals surface area contributed by atoms with Crippen LogP contribution in [0.5, 0.6) is 11.5 Å². The summed E-state index contributed by atoms with van der Waals surface area (Å²) < 4.78 is 102. The van der Waals surface area contributed by atoms with Crippen molar-refractivity contribution in [1.82, 2.24) is 33.7 Å². The number of para-hydroxylation sites is 3. The van der Waals surface area contributed by atoms with Crippen LogP contribution in [0.3, 0.4) is 0 Å². The van der Waals surface area contributed by atoms with Gasteiger partial charge in [-0.1, -0.05) is 199 Å². The van der Waals surface area contributed by atoms with Crippen LogP contribution in [-0.4, -0.2) is 30.5 Å². The molecule has 0 amide bonds. The molecule has 0 atom stereocenters. The number of ether oxygens (including phenoxy) is 1. The molecule has 0 unspecified atom stereocenters. The molecule has 0 radical (unpaired) electrons. The zero-order chi connectivity index (χ0) is 60.9. The van der Waals surface area contributed by atoms with Gasteiger partial charge in [-0.05, 0) is 81.8 Å². The van der Waals surface area contributed by atoms with E-state index in [4.69, 9.17) is 32.9 Å². The molecule has 9 aromatic carbocycles. The largest absolute Gasteiger partial charge is 2.00 e. The maximum Gasteiger partial charge on any atom is 2.00 e. The molecule has 1 aliphatic heterocycles. The van der Waals surface area contributed by atoms with E-state index in [-0.39, 0.29) is 60.5 Å². The quantitative estimate of drug-likeness (QED) is 0.101. The van der Waals surface area contributed by atoms with E-state index in [2.05, 4.69) is 24.2 Å². The number of pyridine rings is 1. The van der Waals surface area contributed by atoms with Gasteiger partial charge in [-0.25, -0.2) is 19.9 Å². The summed E-state index contributed by atoms with van der Waals surface area (Å²) >= 11 is 0. The van der Waals surface area contributed by atoms with E-state index in [1.807, 2.05) is 161 Å². The summed E-state index contributed by atoms with van der Waals surface area (Å²) in [6, 6.07) is 53.2. The van der Waals surface area contributed by atoms with Crippen LogP contribution >= 0.6 is 0 Å². The zero-order valence-electron chi connectivity index (χ0n) is 52.9. The first-order valence-electron chi connectivity index (χ1n) is 30.1. The third kappa shape index (κ3) is 9.26. The van der Waals surface area contributed by atoms with Gasteiger partial charge in [0.25, 0.3) is 11.4 Å². The van der Waals surface area contributed by atoms with Crippen LogP contribution < -0.4 is 13.9 Å². The van der Waals surface area contributed by atoms with Crippen LogP contribution in [0.25, 0.3) is 84.0 Å². The molecule has 0 saturated heterocycles. The summed E-state index contributed by atoms with van der Waals surface area (Å²) in [5, 5.41) is 1.77. The molecule has 0 fully saturated rings. The number of benzene rings is 9. The molecule has 0 N–H and O–H groups in total. The van der Waals surface area contributed by atoms with Crippen LogP contribution in [-0.2, 0) is 26.5 Å². The standard InChI is InChI=1S/C69H51N7O.Pt/c1-45-30-34-49(35-31-45)66-71-67(50-36-32-46(2)33-37-50)73-68(72-66)58-42-57-54-25-12-13-26-59(54)76(64-29-16-17-38-70-64)62(57)43-63(58)77-53-24-18-23-52(41-53)74-44-75(61-28-15-14-27-60(61)74)65-55(47-19-8-6-9-20-47)39-51(69(3,4)5)40-56(65)48-21-10-7-11-22-48;/h6-40,42H,1-5H3;/q;+2/i6D,7D,8D,9D,10D,11D,19D,20D,21D,22D;. The van der Waals surface area contributed by atoms with Gasteiger partial charge in [0.15, 0.2) is 11.6 Å². The summed E-state index contributed by atoms with van der Waals surface area (Å²) in [5.41, 5.74) is 7.33. The Kier molecular flexibility index (Phi) is 10.3. The number of hydrogen-bond donors (Lipinski definition) is 0. The smallest absolute Gasteiger partial charge is 0.508 e. The van der Waals surface area contributed by atoms with Gasteiger partial charge < -0.3 is 9.30 Å². The van der Waals surface area contributed by atoms with Crippen molar-refractivity contribution in [3.8, 4) is 73.7 Å². The van der Waals surface area contributed by atoms with Gasteiger partial charge in [0.1, 0.15) is 17.3 Å². The maximum absolute atomic E-state index is 9.35. The number of rotatable bonds is 10. The monoisotopic (exact) mass is 1200 g/mol.